The third kappa shape index (κ3) is 4.45. The van der Waals surface area contributed by atoms with Crippen molar-refractivity contribution < 1.29 is 9.90 Å². The fourth-order valence-corrected chi connectivity index (χ4v) is 1.74. The van der Waals surface area contributed by atoms with Crippen LogP contribution < -0.4 is 5.32 Å². The second-order valence-corrected chi connectivity index (χ2v) is 4.28. The fourth-order valence-electron chi connectivity index (χ4n) is 1.74. The van der Waals surface area contributed by atoms with Crippen LogP contribution in [0.5, 0.6) is 0 Å². The number of rotatable bonds is 4. The Bertz CT molecular complexity index is 325. The molecule has 0 saturated carbocycles. The second kappa shape index (κ2) is 6.92. The van der Waals surface area contributed by atoms with Gasteiger partial charge in [0.25, 0.3) is 5.91 Å². The third-order valence-electron chi connectivity index (χ3n) is 2.65. The van der Waals surface area contributed by atoms with E-state index in [9.17, 15) is 4.79 Å². The first kappa shape index (κ1) is 13.5. The molecule has 0 aromatic carbocycles. The standard InChI is InChI=1S/C12H19N3O2/c1-10(16)8-14-9-11(7-13)12(17)15-5-3-2-4-6-15/h9-10,14,16H,2-6,8H2,1H3/b11-9-. The molecule has 1 amide bonds. The zero-order valence-corrected chi connectivity index (χ0v) is 10.1. The van der Waals surface area contributed by atoms with Crippen molar-refractivity contribution in [3.05, 3.63) is 11.8 Å². The van der Waals surface area contributed by atoms with Gasteiger partial charge in [0, 0.05) is 25.8 Å². The van der Waals surface area contributed by atoms with Gasteiger partial charge < -0.3 is 15.3 Å². The summed E-state index contributed by atoms with van der Waals surface area (Å²) < 4.78 is 0. The molecule has 1 rings (SSSR count). The molecular weight excluding hydrogens is 218 g/mol. The van der Waals surface area contributed by atoms with Gasteiger partial charge >= 0.3 is 0 Å². The van der Waals surface area contributed by atoms with E-state index in [4.69, 9.17) is 10.4 Å². The van der Waals surface area contributed by atoms with Crippen molar-refractivity contribution in [2.75, 3.05) is 19.6 Å². The minimum atomic E-state index is -0.503. The van der Waals surface area contributed by atoms with E-state index < -0.39 is 6.10 Å². The van der Waals surface area contributed by atoms with Crippen LogP contribution in [0.4, 0.5) is 0 Å². The predicted molar refractivity (Wildman–Crippen MR) is 63.8 cm³/mol. The molecule has 5 heteroatoms. The fraction of sp³-hybridized carbons (Fsp3) is 0.667. The lowest BCUT2D eigenvalue weighted by Gasteiger charge is -2.26. The first-order valence-electron chi connectivity index (χ1n) is 5.96. The largest absolute Gasteiger partial charge is 0.392 e. The van der Waals surface area contributed by atoms with Crippen molar-refractivity contribution >= 4 is 5.91 Å². The van der Waals surface area contributed by atoms with Gasteiger partial charge in [-0.25, -0.2) is 0 Å². The number of aliphatic hydroxyl groups excluding tert-OH is 1. The van der Waals surface area contributed by atoms with Gasteiger partial charge in [-0.05, 0) is 26.2 Å². The van der Waals surface area contributed by atoms with Gasteiger partial charge in [-0.2, -0.15) is 5.26 Å². The van der Waals surface area contributed by atoms with Crippen LogP contribution in [0.2, 0.25) is 0 Å². The number of amides is 1. The van der Waals surface area contributed by atoms with E-state index in [2.05, 4.69) is 5.32 Å². The Morgan fingerprint density at radius 1 is 1.53 bits per heavy atom. The molecule has 1 heterocycles. The number of nitriles is 1. The van der Waals surface area contributed by atoms with Gasteiger partial charge in [0.2, 0.25) is 0 Å². The average Bonchev–Trinajstić information content (AvgIpc) is 2.34. The summed E-state index contributed by atoms with van der Waals surface area (Å²) in [4.78, 5) is 13.6. The molecule has 0 spiro atoms. The van der Waals surface area contributed by atoms with Crippen molar-refractivity contribution in [3.63, 3.8) is 0 Å². The highest BCUT2D eigenvalue weighted by Gasteiger charge is 2.19. The van der Waals surface area contributed by atoms with E-state index in [1.54, 1.807) is 11.8 Å². The summed E-state index contributed by atoms with van der Waals surface area (Å²) in [6.07, 6.45) is 4.05. The van der Waals surface area contributed by atoms with Gasteiger partial charge in [0.1, 0.15) is 11.6 Å². The number of hydrogen-bond donors (Lipinski definition) is 2. The average molecular weight is 237 g/mol. The number of nitrogens with zero attached hydrogens (tertiary/aromatic N) is 2. The molecule has 1 aliphatic heterocycles. The number of carbonyl (C=O) groups is 1. The molecule has 1 atom stereocenters. The number of aliphatic hydroxyl groups is 1. The highest BCUT2D eigenvalue weighted by molar-refractivity contribution is 5.97. The second-order valence-electron chi connectivity index (χ2n) is 4.28. The smallest absolute Gasteiger partial charge is 0.265 e. The van der Waals surface area contributed by atoms with Gasteiger partial charge in [-0.15, -0.1) is 0 Å². The zero-order chi connectivity index (χ0) is 12.7. The van der Waals surface area contributed by atoms with Gasteiger partial charge in [-0.3, -0.25) is 4.79 Å². The van der Waals surface area contributed by atoms with Crippen molar-refractivity contribution in [3.8, 4) is 6.07 Å². The monoisotopic (exact) mass is 237 g/mol. The van der Waals surface area contributed by atoms with Crippen molar-refractivity contribution in [1.29, 1.82) is 5.26 Å². The van der Waals surface area contributed by atoms with Crippen molar-refractivity contribution in [1.82, 2.24) is 10.2 Å². The van der Waals surface area contributed by atoms with Crippen LogP contribution in [0, 0.1) is 11.3 Å². The van der Waals surface area contributed by atoms with Crippen LogP contribution in [0.15, 0.2) is 11.8 Å². The van der Waals surface area contributed by atoms with Gasteiger partial charge in [0.05, 0.1) is 6.10 Å². The highest BCUT2D eigenvalue weighted by Crippen LogP contribution is 2.11. The molecule has 2 N–H and O–H groups in total. The molecule has 1 fully saturated rings. The highest BCUT2D eigenvalue weighted by atomic mass is 16.3. The SMILES string of the molecule is CC(O)CN/C=C(/C#N)C(=O)N1CCCCC1. The number of likely N-dealkylation sites (tertiary alicyclic amines) is 1. The van der Waals surface area contributed by atoms with Crippen LogP contribution in [0.1, 0.15) is 26.2 Å². The number of hydrogen-bond acceptors (Lipinski definition) is 4. The summed E-state index contributed by atoms with van der Waals surface area (Å²) in [5, 5.41) is 20.8. The van der Waals surface area contributed by atoms with Crippen LogP contribution in [0.25, 0.3) is 0 Å². The summed E-state index contributed by atoms with van der Waals surface area (Å²) in [6, 6.07) is 1.90. The molecule has 17 heavy (non-hydrogen) atoms. The molecule has 0 aromatic rings. The Morgan fingerprint density at radius 2 is 2.18 bits per heavy atom. The van der Waals surface area contributed by atoms with E-state index in [0.717, 1.165) is 32.4 Å². The van der Waals surface area contributed by atoms with E-state index in [1.165, 1.54) is 6.20 Å². The number of carbonyl (C=O) groups excluding carboxylic acids is 1. The van der Waals surface area contributed by atoms with Crippen molar-refractivity contribution in [2.24, 2.45) is 0 Å². The number of piperidine rings is 1. The van der Waals surface area contributed by atoms with Crippen LogP contribution >= 0.6 is 0 Å². The molecule has 1 aliphatic rings. The summed E-state index contributed by atoms with van der Waals surface area (Å²) >= 11 is 0. The van der Waals surface area contributed by atoms with Crippen molar-refractivity contribution in [2.45, 2.75) is 32.3 Å². The predicted octanol–water partition coefficient (Wildman–Crippen LogP) is 0.377. The molecule has 0 aliphatic carbocycles. The molecule has 1 unspecified atom stereocenters. The van der Waals surface area contributed by atoms with E-state index >= 15 is 0 Å². The maximum atomic E-state index is 11.9. The third-order valence-corrected chi connectivity index (χ3v) is 2.65. The van der Waals surface area contributed by atoms with Crippen LogP contribution in [-0.2, 0) is 4.79 Å². The molecule has 5 nitrogen and oxygen atoms in total. The summed E-state index contributed by atoms with van der Waals surface area (Å²) in [7, 11) is 0. The summed E-state index contributed by atoms with van der Waals surface area (Å²) in [5.41, 5.74) is 0.104. The van der Waals surface area contributed by atoms with Crippen LogP contribution in [-0.4, -0.2) is 41.7 Å². The Morgan fingerprint density at radius 3 is 2.71 bits per heavy atom. The minimum absolute atomic E-state index is 0.104. The summed E-state index contributed by atoms with van der Waals surface area (Å²) in [5.74, 6) is -0.217. The van der Waals surface area contributed by atoms with Gasteiger partial charge in [0.15, 0.2) is 0 Å². The Balaban J connectivity index is 2.54. The maximum Gasteiger partial charge on any atom is 0.265 e. The normalized spacial score (nSPS) is 18.4. The topological polar surface area (TPSA) is 76.4 Å². The van der Waals surface area contributed by atoms with Gasteiger partial charge in [-0.1, -0.05) is 0 Å². The lowest BCUT2D eigenvalue weighted by molar-refractivity contribution is -0.127. The Labute approximate surface area is 102 Å². The zero-order valence-electron chi connectivity index (χ0n) is 10.1. The number of nitrogens with one attached hydrogen (secondary N) is 1. The quantitative estimate of drug-likeness (QED) is 0.547. The van der Waals surface area contributed by atoms with E-state index in [1.807, 2.05) is 6.07 Å². The van der Waals surface area contributed by atoms with E-state index in [-0.39, 0.29) is 11.5 Å². The first-order chi connectivity index (χ1) is 8.15. The summed E-state index contributed by atoms with van der Waals surface area (Å²) in [6.45, 7) is 3.43. The molecule has 0 radical (unpaired) electrons. The Kier molecular flexibility index (Phi) is 5.50. The van der Waals surface area contributed by atoms with E-state index in [0.29, 0.717) is 6.54 Å². The Hall–Kier alpha value is -1.54. The lowest BCUT2D eigenvalue weighted by Crippen LogP contribution is -2.36. The molecule has 1 saturated heterocycles. The van der Waals surface area contributed by atoms with Crippen LogP contribution in [0.3, 0.4) is 0 Å². The molecular formula is C12H19N3O2. The molecule has 0 bridgehead atoms. The first-order valence-corrected chi connectivity index (χ1v) is 5.96. The maximum absolute atomic E-state index is 11.9. The lowest BCUT2D eigenvalue weighted by atomic mass is 10.1. The molecule has 94 valence electrons. The minimum Gasteiger partial charge on any atom is -0.392 e. The molecule has 0 aromatic heterocycles.